The zero-order chi connectivity index (χ0) is 31.6. The Morgan fingerprint density at radius 3 is 2.30 bits per heavy atom. The molecule has 232 valence electrons. The van der Waals surface area contributed by atoms with Crippen LogP contribution in [0, 0.1) is 11.6 Å². The van der Waals surface area contributed by atoms with Gasteiger partial charge in [0.2, 0.25) is 5.91 Å². The molecule has 1 N–H and O–H groups in total. The normalized spacial score (nSPS) is 15.9. The number of halogens is 2. The van der Waals surface area contributed by atoms with Crippen LogP contribution in [0.1, 0.15) is 43.6 Å². The van der Waals surface area contributed by atoms with Crippen molar-refractivity contribution in [3.63, 3.8) is 0 Å². The molecule has 0 fully saturated rings. The molecular formula is C33H38F2N6O3. The largest absolute Gasteiger partial charge is 0.451 e. The first-order valence-corrected chi connectivity index (χ1v) is 14.8. The van der Waals surface area contributed by atoms with Crippen LogP contribution in [0.3, 0.4) is 0 Å². The summed E-state index contributed by atoms with van der Waals surface area (Å²) in [5.74, 6) is -0.0808. The molecule has 1 unspecified atom stereocenters. The first-order valence-electron chi connectivity index (χ1n) is 14.8. The number of ether oxygens (including phenoxy) is 1. The van der Waals surface area contributed by atoms with Gasteiger partial charge in [0.15, 0.2) is 11.6 Å². The van der Waals surface area contributed by atoms with Gasteiger partial charge in [-0.2, -0.15) is 0 Å². The zero-order valence-electron chi connectivity index (χ0n) is 25.7. The summed E-state index contributed by atoms with van der Waals surface area (Å²) < 4.78 is 33.9. The lowest BCUT2D eigenvalue weighted by Gasteiger charge is -2.34. The van der Waals surface area contributed by atoms with Crippen LogP contribution in [-0.2, 0) is 11.2 Å². The first kappa shape index (κ1) is 31.1. The number of likely N-dealkylation sites (N-methyl/N-ethyl adjacent to an activating group) is 1. The molecule has 5 rings (SSSR count). The van der Waals surface area contributed by atoms with Gasteiger partial charge in [-0.25, -0.2) is 18.7 Å². The van der Waals surface area contributed by atoms with E-state index < -0.39 is 11.4 Å². The number of hydrogen-bond donors (Lipinski definition) is 1. The van der Waals surface area contributed by atoms with Crippen LogP contribution < -0.4 is 15.0 Å². The number of aromatic nitrogens is 2. The Kier molecular flexibility index (Phi) is 8.96. The SMILES string of the molecule is CCN(C(=O)c1cc(F)ccc1Oc1cncnc1N1CC2=C(CN(C(=O)C(C)(Cc3ccc(F)cc3)NC)C2)C1)C(C)C. The molecule has 0 saturated carbocycles. The number of carbonyl (C=O) groups is 2. The van der Waals surface area contributed by atoms with E-state index in [1.807, 2.05) is 32.6 Å². The molecular weight excluding hydrogens is 566 g/mol. The molecule has 9 nitrogen and oxygen atoms in total. The van der Waals surface area contributed by atoms with E-state index in [-0.39, 0.29) is 35.0 Å². The fourth-order valence-electron chi connectivity index (χ4n) is 5.90. The Balaban J connectivity index is 1.29. The van der Waals surface area contributed by atoms with Crippen molar-refractivity contribution in [1.82, 2.24) is 25.1 Å². The lowest BCUT2D eigenvalue weighted by atomic mass is 9.91. The molecule has 11 heteroatoms. The van der Waals surface area contributed by atoms with Crippen LogP contribution in [0.25, 0.3) is 0 Å². The fraction of sp³-hybridized carbons (Fsp3) is 0.394. The molecule has 0 aliphatic carbocycles. The third-order valence-electron chi connectivity index (χ3n) is 8.38. The highest BCUT2D eigenvalue weighted by atomic mass is 19.1. The average molecular weight is 605 g/mol. The molecule has 2 aliphatic heterocycles. The maximum atomic E-state index is 14.3. The van der Waals surface area contributed by atoms with Crippen molar-refractivity contribution in [2.24, 2.45) is 0 Å². The predicted octanol–water partition coefficient (Wildman–Crippen LogP) is 4.60. The van der Waals surface area contributed by atoms with Gasteiger partial charge in [0.1, 0.15) is 23.7 Å². The van der Waals surface area contributed by atoms with Gasteiger partial charge in [-0.3, -0.25) is 9.59 Å². The Morgan fingerprint density at radius 1 is 1.02 bits per heavy atom. The van der Waals surface area contributed by atoms with Crippen LogP contribution in [0.2, 0.25) is 0 Å². The Morgan fingerprint density at radius 2 is 1.68 bits per heavy atom. The number of nitrogens with zero attached hydrogens (tertiary/aromatic N) is 5. The smallest absolute Gasteiger partial charge is 0.257 e. The van der Waals surface area contributed by atoms with Gasteiger partial charge in [0, 0.05) is 38.8 Å². The maximum Gasteiger partial charge on any atom is 0.257 e. The molecule has 0 radical (unpaired) electrons. The zero-order valence-corrected chi connectivity index (χ0v) is 25.7. The molecule has 0 saturated heterocycles. The van der Waals surface area contributed by atoms with Crippen molar-refractivity contribution in [3.05, 3.63) is 88.9 Å². The van der Waals surface area contributed by atoms with Gasteiger partial charge in [-0.05, 0) is 88.2 Å². The molecule has 2 aromatic carbocycles. The minimum absolute atomic E-state index is 0.0210. The third kappa shape index (κ3) is 6.28. The summed E-state index contributed by atoms with van der Waals surface area (Å²) in [6.07, 6.45) is 3.40. The Bertz CT molecular complexity index is 1560. The van der Waals surface area contributed by atoms with Crippen LogP contribution in [0.15, 0.2) is 66.1 Å². The monoisotopic (exact) mass is 604 g/mol. The summed E-state index contributed by atoms with van der Waals surface area (Å²) in [5, 5.41) is 3.18. The second kappa shape index (κ2) is 12.7. The minimum atomic E-state index is -0.849. The summed E-state index contributed by atoms with van der Waals surface area (Å²) in [6, 6.07) is 10.0. The van der Waals surface area contributed by atoms with E-state index in [1.54, 1.807) is 24.1 Å². The summed E-state index contributed by atoms with van der Waals surface area (Å²) in [7, 11) is 1.76. The summed E-state index contributed by atoms with van der Waals surface area (Å²) in [4.78, 5) is 41.2. The van der Waals surface area contributed by atoms with Crippen molar-refractivity contribution in [2.45, 2.75) is 45.7 Å². The van der Waals surface area contributed by atoms with Gasteiger partial charge in [-0.1, -0.05) is 12.1 Å². The number of carbonyl (C=O) groups excluding carboxylic acids is 2. The van der Waals surface area contributed by atoms with Crippen molar-refractivity contribution in [1.29, 1.82) is 0 Å². The number of amides is 2. The molecule has 2 amide bonds. The average Bonchev–Trinajstić information content (AvgIpc) is 3.59. The van der Waals surface area contributed by atoms with E-state index in [4.69, 9.17) is 4.74 Å². The molecule has 0 bridgehead atoms. The molecule has 1 aromatic heterocycles. The van der Waals surface area contributed by atoms with Crippen molar-refractivity contribution >= 4 is 17.6 Å². The quantitative estimate of drug-likeness (QED) is 0.339. The molecule has 44 heavy (non-hydrogen) atoms. The number of nitrogens with one attached hydrogen (secondary N) is 1. The molecule has 1 atom stereocenters. The highest BCUT2D eigenvalue weighted by Crippen LogP contribution is 2.37. The number of hydrogen-bond acceptors (Lipinski definition) is 7. The minimum Gasteiger partial charge on any atom is -0.451 e. The van der Waals surface area contributed by atoms with Gasteiger partial charge in [0.25, 0.3) is 5.91 Å². The van der Waals surface area contributed by atoms with Gasteiger partial charge >= 0.3 is 0 Å². The molecule has 0 spiro atoms. The number of benzene rings is 2. The van der Waals surface area contributed by atoms with Crippen LogP contribution in [-0.4, -0.2) is 82.9 Å². The number of anilines is 1. The predicted molar refractivity (Wildman–Crippen MR) is 164 cm³/mol. The van der Waals surface area contributed by atoms with Crippen molar-refractivity contribution in [2.75, 3.05) is 44.7 Å². The van der Waals surface area contributed by atoms with Crippen LogP contribution in [0.4, 0.5) is 14.6 Å². The Hall–Kier alpha value is -4.38. The van der Waals surface area contributed by atoms with E-state index in [0.29, 0.717) is 50.7 Å². The fourth-order valence-corrected chi connectivity index (χ4v) is 5.90. The molecule has 3 aromatic rings. The van der Waals surface area contributed by atoms with Gasteiger partial charge in [0.05, 0.1) is 17.3 Å². The first-order chi connectivity index (χ1) is 21.0. The van der Waals surface area contributed by atoms with E-state index in [0.717, 1.165) is 16.7 Å². The van der Waals surface area contributed by atoms with E-state index in [1.165, 1.54) is 42.9 Å². The summed E-state index contributed by atoms with van der Waals surface area (Å²) in [6.45, 7) is 10.1. The van der Waals surface area contributed by atoms with Crippen LogP contribution in [0.5, 0.6) is 11.5 Å². The maximum absolute atomic E-state index is 14.3. The molecule has 3 heterocycles. The highest BCUT2D eigenvalue weighted by Gasteiger charge is 2.40. The number of rotatable bonds is 10. The summed E-state index contributed by atoms with van der Waals surface area (Å²) in [5.41, 5.74) is 2.42. The second-order valence-corrected chi connectivity index (χ2v) is 11.7. The standard InChI is InChI=1S/C33H38F2N6O3/c1-6-41(21(2)3)31(42)27-13-26(35)11-12-28(27)44-29-15-37-20-38-30(29)39-16-23-18-40(19-24(23)17-39)32(43)33(4,36-5)14-22-7-9-25(34)10-8-22/h7-13,15,20-21,36H,6,14,16-19H2,1-5H3. The van der Waals surface area contributed by atoms with E-state index in [2.05, 4.69) is 20.2 Å². The van der Waals surface area contributed by atoms with Crippen LogP contribution >= 0.6 is 0 Å². The lowest BCUT2D eigenvalue weighted by Crippen LogP contribution is -2.56. The van der Waals surface area contributed by atoms with Crippen molar-refractivity contribution in [3.8, 4) is 11.5 Å². The second-order valence-electron chi connectivity index (χ2n) is 11.7. The Labute approximate surface area is 256 Å². The van der Waals surface area contributed by atoms with E-state index >= 15 is 0 Å². The summed E-state index contributed by atoms with van der Waals surface area (Å²) >= 11 is 0. The molecule has 2 aliphatic rings. The topological polar surface area (TPSA) is 90.9 Å². The van der Waals surface area contributed by atoms with Crippen molar-refractivity contribution < 1.29 is 23.1 Å². The lowest BCUT2D eigenvalue weighted by molar-refractivity contribution is -0.136. The highest BCUT2D eigenvalue weighted by molar-refractivity contribution is 5.97. The van der Waals surface area contributed by atoms with E-state index in [9.17, 15) is 18.4 Å². The van der Waals surface area contributed by atoms with Gasteiger partial charge in [-0.15, -0.1) is 0 Å². The van der Waals surface area contributed by atoms with Gasteiger partial charge < -0.3 is 24.8 Å². The third-order valence-corrected chi connectivity index (χ3v) is 8.38.